The summed E-state index contributed by atoms with van der Waals surface area (Å²) in [5.74, 6) is 1.46. The van der Waals surface area contributed by atoms with E-state index in [1.807, 2.05) is 25.1 Å². The van der Waals surface area contributed by atoms with Crippen LogP contribution in [0.5, 0.6) is 11.5 Å². The Morgan fingerprint density at radius 3 is 2.61 bits per heavy atom. The maximum atomic E-state index is 6.05. The molecule has 1 aliphatic rings. The fourth-order valence-corrected chi connectivity index (χ4v) is 2.19. The van der Waals surface area contributed by atoms with Gasteiger partial charge in [0.15, 0.2) is 0 Å². The molecule has 1 fully saturated rings. The zero-order chi connectivity index (χ0) is 13.0. The molecule has 2 rings (SSSR count). The van der Waals surface area contributed by atoms with Gasteiger partial charge in [0.2, 0.25) is 0 Å². The van der Waals surface area contributed by atoms with Gasteiger partial charge in [-0.1, -0.05) is 6.07 Å². The van der Waals surface area contributed by atoms with Gasteiger partial charge < -0.3 is 20.1 Å². The number of piperidine rings is 1. The van der Waals surface area contributed by atoms with E-state index >= 15 is 0 Å². The van der Waals surface area contributed by atoms with Crippen molar-refractivity contribution >= 4 is 5.69 Å². The van der Waals surface area contributed by atoms with E-state index in [2.05, 4.69) is 11.9 Å². The molecular formula is C14H22N2O2. The monoisotopic (exact) mass is 250 g/mol. The van der Waals surface area contributed by atoms with Gasteiger partial charge >= 0.3 is 0 Å². The van der Waals surface area contributed by atoms with Crippen molar-refractivity contribution in [1.29, 1.82) is 0 Å². The lowest BCUT2D eigenvalue weighted by atomic mass is 10.1. The highest BCUT2D eigenvalue weighted by atomic mass is 16.5. The maximum absolute atomic E-state index is 6.05. The molecule has 0 amide bonds. The number of anilines is 1. The molecule has 1 aliphatic heterocycles. The molecule has 1 saturated heterocycles. The number of nitrogen functional groups attached to an aromatic ring is 1. The second-order valence-corrected chi connectivity index (χ2v) is 4.72. The quantitative estimate of drug-likeness (QED) is 0.832. The maximum Gasteiger partial charge on any atom is 0.146 e. The van der Waals surface area contributed by atoms with E-state index in [0.29, 0.717) is 18.0 Å². The predicted molar refractivity (Wildman–Crippen MR) is 73.2 cm³/mol. The minimum atomic E-state index is 0.264. The summed E-state index contributed by atoms with van der Waals surface area (Å²) in [6.07, 6.45) is 2.37. The van der Waals surface area contributed by atoms with Crippen LogP contribution in [0.4, 0.5) is 5.69 Å². The Hall–Kier alpha value is -1.42. The fraction of sp³-hybridized carbons (Fsp3) is 0.571. The van der Waals surface area contributed by atoms with Gasteiger partial charge in [0.1, 0.15) is 23.3 Å². The zero-order valence-electron chi connectivity index (χ0n) is 11.2. The van der Waals surface area contributed by atoms with Crippen LogP contribution < -0.4 is 15.2 Å². The lowest BCUT2D eigenvalue weighted by molar-refractivity contribution is 0.115. The summed E-state index contributed by atoms with van der Waals surface area (Å²) in [6.45, 7) is 4.72. The summed E-state index contributed by atoms with van der Waals surface area (Å²) in [5, 5.41) is 0. The van der Waals surface area contributed by atoms with Crippen LogP contribution in [0.3, 0.4) is 0 Å². The molecule has 4 heteroatoms. The lowest BCUT2D eigenvalue weighted by Crippen LogP contribution is -2.35. The van der Waals surface area contributed by atoms with Gasteiger partial charge in [-0.2, -0.15) is 0 Å². The van der Waals surface area contributed by atoms with E-state index in [1.54, 1.807) is 0 Å². The van der Waals surface area contributed by atoms with Gasteiger partial charge in [-0.3, -0.25) is 0 Å². The van der Waals surface area contributed by atoms with E-state index in [4.69, 9.17) is 15.2 Å². The average molecular weight is 250 g/mol. The lowest BCUT2D eigenvalue weighted by Gasteiger charge is -2.29. The van der Waals surface area contributed by atoms with Gasteiger partial charge in [0.05, 0.1) is 6.61 Å². The van der Waals surface area contributed by atoms with E-state index in [0.717, 1.165) is 31.7 Å². The molecule has 100 valence electrons. The molecule has 1 heterocycles. The molecule has 0 bridgehead atoms. The van der Waals surface area contributed by atoms with E-state index < -0.39 is 0 Å². The highest BCUT2D eigenvalue weighted by molar-refractivity contribution is 5.62. The Morgan fingerprint density at radius 1 is 1.28 bits per heavy atom. The van der Waals surface area contributed by atoms with Crippen LogP contribution in [0.2, 0.25) is 0 Å². The Labute approximate surface area is 109 Å². The van der Waals surface area contributed by atoms with E-state index in [-0.39, 0.29) is 6.10 Å². The third-order valence-corrected chi connectivity index (χ3v) is 3.29. The van der Waals surface area contributed by atoms with Crippen molar-refractivity contribution < 1.29 is 9.47 Å². The summed E-state index contributed by atoms with van der Waals surface area (Å²) in [6, 6.07) is 5.71. The minimum Gasteiger partial charge on any atom is -0.492 e. The van der Waals surface area contributed by atoms with Crippen LogP contribution in [0.25, 0.3) is 0 Å². The second-order valence-electron chi connectivity index (χ2n) is 4.72. The van der Waals surface area contributed by atoms with Gasteiger partial charge in [-0.15, -0.1) is 0 Å². The number of hydrogen-bond donors (Lipinski definition) is 1. The molecule has 4 nitrogen and oxygen atoms in total. The summed E-state index contributed by atoms with van der Waals surface area (Å²) >= 11 is 0. The van der Waals surface area contributed by atoms with Gasteiger partial charge in [-0.05, 0) is 38.9 Å². The minimum absolute atomic E-state index is 0.264. The first-order chi connectivity index (χ1) is 8.70. The van der Waals surface area contributed by atoms with Crippen LogP contribution in [-0.2, 0) is 0 Å². The summed E-state index contributed by atoms with van der Waals surface area (Å²) in [4.78, 5) is 2.32. The number of nitrogens with two attached hydrogens (primary N) is 1. The SMILES string of the molecule is CCOc1cccc(OC2CCN(C)CC2)c1N. The topological polar surface area (TPSA) is 47.7 Å². The average Bonchev–Trinajstić information content (AvgIpc) is 2.37. The molecule has 0 spiro atoms. The van der Waals surface area contributed by atoms with Crippen molar-refractivity contribution in [3.05, 3.63) is 18.2 Å². The molecule has 1 aromatic carbocycles. The Balaban J connectivity index is 2.02. The van der Waals surface area contributed by atoms with Crippen molar-refractivity contribution in [2.45, 2.75) is 25.9 Å². The van der Waals surface area contributed by atoms with E-state index in [9.17, 15) is 0 Å². The standard InChI is InChI=1S/C14H22N2O2/c1-3-17-12-5-4-6-13(14(12)15)18-11-7-9-16(2)10-8-11/h4-6,11H,3,7-10,15H2,1-2H3. The molecule has 0 radical (unpaired) electrons. The number of likely N-dealkylation sites (tertiary alicyclic amines) is 1. The normalized spacial score (nSPS) is 17.7. The molecule has 0 atom stereocenters. The first-order valence-corrected chi connectivity index (χ1v) is 6.57. The number of ether oxygens (including phenoxy) is 2. The largest absolute Gasteiger partial charge is 0.492 e. The Morgan fingerprint density at radius 2 is 1.94 bits per heavy atom. The number of hydrogen-bond acceptors (Lipinski definition) is 4. The van der Waals surface area contributed by atoms with Crippen molar-refractivity contribution in [2.24, 2.45) is 0 Å². The van der Waals surface area contributed by atoms with Crippen molar-refractivity contribution in [3.63, 3.8) is 0 Å². The first kappa shape index (κ1) is 13.0. The fourth-order valence-electron chi connectivity index (χ4n) is 2.19. The molecule has 0 aliphatic carbocycles. The molecule has 18 heavy (non-hydrogen) atoms. The van der Waals surface area contributed by atoms with Crippen molar-refractivity contribution in [3.8, 4) is 11.5 Å². The molecular weight excluding hydrogens is 228 g/mol. The summed E-state index contributed by atoms with van der Waals surface area (Å²) < 4.78 is 11.5. The second kappa shape index (κ2) is 5.96. The van der Waals surface area contributed by atoms with Crippen molar-refractivity contribution in [2.75, 3.05) is 32.5 Å². The highest BCUT2D eigenvalue weighted by Crippen LogP contribution is 2.33. The molecule has 2 N–H and O–H groups in total. The Kier molecular flexibility index (Phi) is 4.31. The smallest absolute Gasteiger partial charge is 0.146 e. The summed E-state index contributed by atoms with van der Waals surface area (Å²) in [5.41, 5.74) is 6.66. The number of rotatable bonds is 4. The highest BCUT2D eigenvalue weighted by Gasteiger charge is 2.19. The van der Waals surface area contributed by atoms with E-state index in [1.165, 1.54) is 0 Å². The third-order valence-electron chi connectivity index (χ3n) is 3.29. The van der Waals surface area contributed by atoms with Gasteiger partial charge in [0, 0.05) is 13.1 Å². The molecule has 1 aromatic rings. The zero-order valence-corrected chi connectivity index (χ0v) is 11.2. The van der Waals surface area contributed by atoms with Crippen LogP contribution in [0.15, 0.2) is 18.2 Å². The van der Waals surface area contributed by atoms with Crippen LogP contribution in [0.1, 0.15) is 19.8 Å². The molecule has 0 aromatic heterocycles. The summed E-state index contributed by atoms with van der Waals surface area (Å²) in [7, 11) is 2.14. The van der Waals surface area contributed by atoms with Crippen LogP contribution in [0, 0.1) is 0 Å². The molecule has 0 unspecified atom stereocenters. The van der Waals surface area contributed by atoms with Gasteiger partial charge in [-0.25, -0.2) is 0 Å². The van der Waals surface area contributed by atoms with Crippen molar-refractivity contribution in [1.82, 2.24) is 4.90 Å². The number of benzene rings is 1. The first-order valence-electron chi connectivity index (χ1n) is 6.57. The van der Waals surface area contributed by atoms with Crippen LogP contribution in [-0.4, -0.2) is 37.7 Å². The predicted octanol–water partition coefficient (Wildman–Crippen LogP) is 2.14. The van der Waals surface area contributed by atoms with Gasteiger partial charge in [0.25, 0.3) is 0 Å². The number of para-hydroxylation sites is 1. The number of nitrogens with zero attached hydrogens (tertiary/aromatic N) is 1. The van der Waals surface area contributed by atoms with Crippen LogP contribution >= 0.6 is 0 Å². The third kappa shape index (κ3) is 3.07. The molecule has 0 saturated carbocycles. The Bertz CT molecular complexity index is 387.